The molecule has 3 nitrogen and oxygen atoms in total. The van der Waals surface area contributed by atoms with Crippen molar-refractivity contribution in [3.05, 3.63) is 140 Å². The van der Waals surface area contributed by atoms with Crippen LogP contribution in [0, 0.1) is 0 Å². The van der Waals surface area contributed by atoms with Crippen LogP contribution in [0.2, 0.25) is 0 Å². The second-order valence-corrected chi connectivity index (χ2v) is 11.4. The van der Waals surface area contributed by atoms with Gasteiger partial charge < -0.3 is 0 Å². The van der Waals surface area contributed by atoms with Crippen LogP contribution >= 0.6 is 0 Å². The first-order valence-electron chi connectivity index (χ1n) is 14.7. The standard InChI is InChI=1S/C40H23N3/c1-2-9-25(10-3-1)31-19-20-33-32(41-31)21-23-36(42-33)43-34-15-7-14-30-38-27-12-5-4-8-24(27)16-18-29(38)28-13-6-11-26-17-22-35(43)40(37(26)28)39(30)34/h1-23H. The first-order chi connectivity index (χ1) is 21.3. The predicted molar refractivity (Wildman–Crippen MR) is 179 cm³/mol. The quantitative estimate of drug-likeness (QED) is 0.216. The summed E-state index contributed by atoms with van der Waals surface area (Å²) in [4.78, 5) is 10.1. The zero-order chi connectivity index (χ0) is 28.1. The molecule has 198 valence electrons. The maximum atomic E-state index is 5.20. The topological polar surface area (TPSA) is 30.7 Å². The van der Waals surface area contributed by atoms with Crippen molar-refractivity contribution in [2.75, 3.05) is 0 Å². The van der Waals surface area contributed by atoms with E-state index in [0.717, 1.165) is 33.6 Å². The van der Waals surface area contributed by atoms with Gasteiger partial charge in [-0.2, -0.15) is 0 Å². The van der Waals surface area contributed by atoms with Gasteiger partial charge in [0.2, 0.25) is 0 Å². The molecule has 0 radical (unpaired) electrons. The van der Waals surface area contributed by atoms with Crippen molar-refractivity contribution in [2.24, 2.45) is 0 Å². The van der Waals surface area contributed by atoms with Gasteiger partial charge in [0, 0.05) is 16.3 Å². The summed E-state index contributed by atoms with van der Waals surface area (Å²) in [7, 11) is 0. The smallest absolute Gasteiger partial charge is 0.138 e. The molecule has 6 aromatic carbocycles. The van der Waals surface area contributed by atoms with Crippen molar-refractivity contribution in [1.29, 1.82) is 0 Å². The Bertz CT molecular complexity index is 2610. The van der Waals surface area contributed by atoms with E-state index in [-0.39, 0.29) is 0 Å². The first-order valence-corrected chi connectivity index (χ1v) is 14.7. The fourth-order valence-corrected chi connectivity index (χ4v) is 7.29. The lowest BCUT2D eigenvalue weighted by molar-refractivity contribution is 1.10. The van der Waals surface area contributed by atoms with E-state index < -0.39 is 0 Å². The van der Waals surface area contributed by atoms with Gasteiger partial charge in [-0.3, -0.25) is 4.57 Å². The van der Waals surface area contributed by atoms with Crippen LogP contribution in [-0.2, 0) is 0 Å². The van der Waals surface area contributed by atoms with Gasteiger partial charge in [-0.05, 0) is 80.2 Å². The molecule has 43 heavy (non-hydrogen) atoms. The third-order valence-electron chi connectivity index (χ3n) is 9.11. The molecule has 3 heteroatoms. The zero-order valence-corrected chi connectivity index (χ0v) is 23.1. The lowest BCUT2D eigenvalue weighted by atomic mass is 9.89. The molecule has 10 rings (SSSR count). The minimum atomic E-state index is 0.883. The van der Waals surface area contributed by atoms with Crippen LogP contribution in [-0.4, -0.2) is 14.5 Å². The highest BCUT2D eigenvalue weighted by molar-refractivity contribution is 6.32. The van der Waals surface area contributed by atoms with Gasteiger partial charge >= 0.3 is 0 Å². The average molecular weight is 546 g/mol. The molecule has 1 aliphatic carbocycles. The third kappa shape index (κ3) is 3.08. The molecule has 0 atom stereocenters. The molecular weight excluding hydrogens is 522 g/mol. The summed E-state index contributed by atoms with van der Waals surface area (Å²) >= 11 is 0. The molecule has 9 aromatic rings. The summed E-state index contributed by atoms with van der Waals surface area (Å²) in [6.07, 6.45) is 0. The van der Waals surface area contributed by atoms with Gasteiger partial charge in [0.05, 0.1) is 27.8 Å². The fraction of sp³-hybridized carbons (Fsp3) is 0. The molecule has 3 heterocycles. The summed E-state index contributed by atoms with van der Waals surface area (Å²) in [6.45, 7) is 0. The van der Waals surface area contributed by atoms with Crippen molar-refractivity contribution in [2.45, 2.75) is 0 Å². The summed E-state index contributed by atoms with van der Waals surface area (Å²) in [5.74, 6) is 0.898. The minimum Gasteiger partial charge on any atom is -0.294 e. The number of aromatic nitrogens is 3. The predicted octanol–water partition coefficient (Wildman–Crippen LogP) is 10.3. The maximum Gasteiger partial charge on any atom is 0.138 e. The molecule has 0 aliphatic heterocycles. The molecule has 0 amide bonds. The van der Waals surface area contributed by atoms with Crippen LogP contribution in [0.3, 0.4) is 0 Å². The maximum absolute atomic E-state index is 5.20. The van der Waals surface area contributed by atoms with E-state index in [1.54, 1.807) is 0 Å². The highest BCUT2D eigenvalue weighted by Gasteiger charge is 2.26. The van der Waals surface area contributed by atoms with Gasteiger partial charge in [0.1, 0.15) is 5.82 Å². The van der Waals surface area contributed by atoms with Crippen molar-refractivity contribution in [3.8, 4) is 39.3 Å². The molecule has 3 aromatic heterocycles. The second-order valence-electron chi connectivity index (χ2n) is 11.4. The lowest BCUT2D eigenvalue weighted by Gasteiger charge is -2.16. The fourth-order valence-electron chi connectivity index (χ4n) is 7.29. The molecule has 0 saturated heterocycles. The van der Waals surface area contributed by atoms with Gasteiger partial charge in [-0.1, -0.05) is 103 Å². The summed E-state index contributed by atoms with van der Waals surface area (Å²) < 4.78 is 2.34. The normalized spacial score (nSPS) is 12.2. The number of fused-ring (bicyclic) bond motifs is 6. The van der Waals surface area contributed by atoms with Crippen LogP contribution in [0.1, 0.15) is 0 Å². The number of hydrogen-bond acceptors (Lipinski definition) is 2. The minimum absolute atomic E-state index is 0.883. The SMILES string of the molecule is c1ccc(-c2ccc3nc(-n4c5cccc6c5c5c7c(cccc7ccc54)-c4ccc5ccccc5c4-6)ccc3n2)cc1. The van der Waals surface area contributed by atoms with Crippen molar-refractivity contribution >= 4 is 54.4 Å². The molecule has 0 N–H and O–H groups in total. The van der Waals surface area contributed by atoms with Crippen LogP contribution in [0.15, 0.2) is 140 Å². The van der Waals surface area contributed by atoms with Crippen LogP contribution in [0.5, 0.6) is 0 Å². The van der Waals surface area contributed by atoms with Gasteiger partial charge in [0.25, 0.3) is 0 Å². The van der Waals surface area contributed by atoms with E-state index in [0.29, 0.717) is 0 Å². The van der Waals surface area contributed by atoms with Crippen LogP contribution in [0.4, 0.5) is 0 Å². The number of hydrogen-bond donors (Lipinski definition) is 0. The molecule has 0 bridgehead atoms. The Kier molecular flexibility index (Phi) is 4.45. The average Bonchev–Trinajstić information content (AvgIpc) is 3.35. The van der Waals surface area contributed by atoms with E-state index in [1.807, 2.05) is 18.2 Å². The van der Waals surface area contributed by atoms with Gasteiger partial charge in [0.15, 0.2) is 0 Å². The Morgan fingerprint density at radius 2 is 1.16 bits per heavy atom. The van der Waals surface area contributed by atoms with E-state index in [4.69, 9.17) is 9.97 Å². The molecule has 0 unspecified atom stereocenters. The van der Waals surface area contributed by atoms with E-state index >= 15 is 0 Å². The summed E-state index contributed by atoms with van der Waals surface area (Å²) in [5, 5.41) is 7.67. The van der Waals surface area contributed by atoms with Gasteiger partial charge in [-0.15, -0.1) is 0 Å². The molecule has 0 fully saturated rings. The van der Waals surface area contributed by atoms with Crippen molar-refractivity contribution in [1.82, 2.24) is 14.5 Å². The van der Waals surface area contributed by atoms with E-state index in [1.165, 1.54) is 60.1 Å². The Balaban J connectivity index is 1.31. The number of rotatable bonds is 2. The zero-order valence-electron chi connectivity index (χ0n) is 23.1. The number of nitrogens with zero attached hydrogens (tertiary/aromatic N) is 3. The Labute approximate surface area is 247 Å². The van der Waals surface area contributed by atoms with Crippen LogP contribution in [0.25, 0.3) is 93.7 Å². The second kappa shape index (κ2) is 8.37. The molecular formula is C40H23N3. The number of pyridine rings is 2. The lowest BCUT2D eigenvalue weighted by Crippen LogP contribution is -1.99. The third-order valence-corrected chi connectivity index (χ3v) is 9.11. The molecule has 0 spiro atoms. The highest BCUT2D eigenvalue weighted by atomic mass is 15.1. The Hall–Kier alpha value is -5.80. The van der Waals surface area contributed by atoms with Crippen molar-refractivity contribution in [3.63, 3.8) is 0 Å². The van der Waals surface area contributed by atoms with E-state index in [9.17, 15) is 0 Å². The Morgan fingerprint density at radius 1 is 0.419 bits per heavy atom. The monoisotopic (exact) mass is 545 g/mol. The summed E-state index contributed by atoms with van der Waals surface area (Å²) in [6, 6.07) is 50.0. The number of benzene rings is 6. The molecule has 0 saturated carbocycles. The first kappa shape index (κ1) is 22.8. The van der Waals surface area contributed by atoms with Crippen LogP contribution < -0.4 is 0 Å². The van der Waals surface area contributed by atoms with Gasteiger partial charge in [-0.25, -0.2) is 9.97 Å². The summed E-state index contributed by atoms with van der Waals surface area (Å²) in [5.41, 5.74) is 11.3. The molecule has 1 aliphatic rings. The van der Waals surface area contributed by atoms with E-state index in [2.05, 4.69) is 126 Å². The highest BCUT2D eigenvalue weighted by Crippen LogP contribution is 2.51. The van der Waals surface area contributed by atoms with Crippen molar-refractivity contribution < 1.29 is 0 Å². The Morgan fingerprint density at radius 3 is 2.12 bits per heavy atom. The largest absolute Gasteiger partial charge is 0.294 e.